The minimum Gasteiger partial charge on any atom is -0.296 e. The number of nitrogens with zero attached hydrogens (tertiary/aromatic N) is 5. The summed E-state index contributed by atoms with van der Waals surface area (Å²) in [5.74, 6) is -0.614. The Kier molecular flexibility index (Phi) is 6.35. The molecule has 1 amide bonds. The lowest BCUT2D eigenvalue weighted by molar-refractivity contribution is -0.384. The van der Waals surface area contributed by atoms with Crippen LogP contribution >= 0.6 is 11.3 Å². The van der Waals surface area contributed by atoms with Crippen molar-refractivity contribution in [3.05, 3.63) is 91.7 Å². The van der Waals surface area contributed by atoms with Gasteiger partial charge in [0, 0.05) is 23.4 Å². The highest BCUT2D eigenvalue weighted by Gasteiger charge is 2.31. The van der Waals surface area contributed by atoms with E-state index in [0.717, 1.165) is 27.3 Å². The number of aromatic nitrogens is 4. The van der Waals surface area contributed by atoms with Crippen LogP contribution in [0, 0.1) is 24.0 Å². The molecule has 2 heterocycles. The highest BCUT2D eigenvalue weighted by molar-refractivity contribution is 7.15. The van der Waals surface area contributed by atoms with E-state index >= 15 is 0 Å². The number of thiazole rings is 1. The molecule has 0 saturated heterocycles. The van der Waals surface area contributed by atoms with Gasteiger partial charge in [0.15, 0.2) is 10.8 Å². The number of aryl methyl sites for hydroxylation is 1. The van der Waals surface area contributed by atoms with Gasteiger partial charge in [-0.2, -0.15) is 13.2 Å². The molecule has 9 nitrogen and oxygen atoms in total. The van der Waals surface area contributed by atoms with Crippen LogP contribution in [-0.4, -0.2) is 30.8 Å². The molecular weight excluding hydrogens is 485 g/mol. The molecule has 13 heteroatoms. The van der Waals surface area contributed by atoms with Crippen molar-refractivity contribution in [1.29, 1.82) is 0 Å². The zero-order valence-electron chi connectivity index (χ0n) is 18.3. The van der Waals surface area contributed by atoms with Gasteiger partial charge in [0.25, 0.3) is 11.6 Å². The quantitative estimate of drug-likeness (QED) is 0.289. The molecule has 0 aliphatic rings. The molecule has 0 aliphatic carbocycles. The SMILES string of the molecule is Cc1nc(NC(=O)c2nnn(-c3cccc(C(F)(F)F)c3)c2C)sc1Cc1cccc([N+](=O)[O-])c1. The van der Waals surface area contributed by atoms with Crippen molar-refractivity contribution in [2.75, 3.05) is 5.32 Å². The largest absolute Gasteiger partial charge is 0.416 e. The van der Waals surface area contributed by atoms with Crippen LogP contribution in [0.15, 0.2) is 48.5 Å². The van der Waals surface area contributed by atoms with E-state index in [-0.39, 0.29) is 22.8 Å². The van der Waals surface area contributed by atoms with Crippen molar-refractivity contribution in [3.8, 4) is 5.69 Å². The summed E-state index contributed by atoms with van der Waals surface area (Å²) >= 11 is 1.21. The van der Waals surface area contributed by atoms with E-state index in [0.29, 0.717) is 17.2 Å². The summed E-state index contributed by atoms with van der Waals surface area (Å²) in [5.41, 5.74) is 0.837. The number of anilines is 1. The molecule has 4 rings (SSSR count). The molecule has 4 aromatic rings. The predicted octanol–water partition coefficient (Wildman–Crippen LogP) is 5.11. The van der Waals surface area contributed by atoms with Crippen LogP contribution in [0.2, 0.25) is 0 Å². The van der Waals surface area contributed by atoms with Crippen molar-refractivity contribution in [2.24, 2.45) is 0 Å². The summed E-state index contributed by atoms with van der Waals surface area (Å²) in [6.45, 7) is 3.28. The van der Waals surface area contributed by atoms with E-state index in [9.17, 15) is 28.1 Å². The molecule has 0 fully saturated rings. The second-order valence-corrected chi connectivity index (χ2v) is 8.65. The highest BCUT2D eigenvalue weighted by Crippen LogP contribution is 2.31. The van der Waals surface area contributed by atoms with Crippen molar-refractivity contribution >= 4 is 28.1 Å². The van der Waals surface area contributed by atoms with Crippen LogP contribution in [0.3, 0.4) is 0 Å². The Morgan fingerprint density at radius 1 is 1.17 bits per heavy atom. The lowest BCUT2D eigenvalue weighted by Gasteiger charge is -2.09. The van der Waals surface area contributed by atoms with Gasteiger partial charge >= 0.3 is 6.18 Å². The predicted molar refractivity (Wildman–Crippen MR) is 122 cm³/mol. The third-order valence-corrected chi connectivity index (χ3v) is 6.20. The first-order chi connectivity index (χ1) is 16.5. The normalized spacial score (nSPS) is 11.5. The Morgan fingerprint density at radius 2 is 1.91 bits per heavy atom. The molecule has 0 saturated carbocycles. The van der Waals surface area contributed by atoms with Gasteiger partial charge in [-0.05, 0) is 37.6 Å². The number of carbonyl (C=O) groups excluding carboxylic acids is 1. The molecule has 180 valence electrons. The number of rotatable bonds is 6. The molecule has 0 spiro atoms. The maximum atomic E-state index is 13.0. The highest BCUT2D eigenvalue weighted by atomic mass is 32.1. The zero-order valence-corrected chi connectivity index (χ0v) is 19.1. The van der Waals surface area contributed by atoms with Gasteiger partial charge in [-0.3, -0.25) is 20.2 Å². The lowest BCUT2D eigenvalue weighted by atomic mass is 10.1. The van der Waals surface area contributed by atoms with Gasteiger partial charge < -0.3 is 0 Å². The lowest BCUT2D eigenvalue weighted by Crippen LogP contribution is -2.14. The number of nitrogens with one attached hydrogen (secondary N) is 1. The third kappa shape index (κ3) is 5.19. The van der Waals surface area contributed by atoms with E-state index in [4.69, 9.17) is 0 Å². The van der Waals surface area contributed by atoms with E-state index in [1.807, 2.05) is 0 Å². The van der Waals surface area contributed by atoms with Crippen molar-refractivity contribution in [3.63, 3.8) is 0 Å². The fourth-order valence-corrected chi connectivity index (χ4v) is 4.36. The summed E-state index contributed by atoms with van der Waals surface area (Å²) in [4.78, 5) is 28.5. The first kappa shape index (κ1) is 24.0. The third-order valence-electron chi connectivity index (χ3n) is 5.13. The molecule has 1 N–H and O–H groups in total. The van der Waals surface area contributed by atoms with Gasteiger partial charge in [0.2, 0.25) is 0 Å². The number of nitro groups is 1. The minimum atomic E-state index is -4.52. The number of hydrogen-bond acceptors (Lipinski definition) is 7. The van der Waals surface area contributed by atoms with E-state index in [1.165, 1.54) is 42.5 Å². The first-order valence-corrected chi connectivity index (χ1v) is 11.0. The standard InChI is InChI=1S/C22H17F3N6O3S/c1-12-18(10-14-5-3-8-17(9-14)31(33)34)35-21(26-12)27-20(32)19-13(2)30(29-28-19)16-7-4-6-15(11-16)22(23,24)25/h3-9,11H,10H2,1-2H3,(H,26,27,32). The van der Waals surface area contributed by atoms with Gasteiger partial charge in [0.1, 0.15) is 0 Å². The Balaban J connectivity index is 1.52. The Hall–Kier alpha value is -4.13. The first-order valence-electron chi connectivity index (χ1n) is 10.1. The number of benzene rings is 2. The van der Waals surface area contributed by atoms with Crippen LogP contribution in [0.1, 0.15) is 37.9 Å². The number of non-ortho nitro benzene ring substituents is 1. The summed E-state index contributed by atoms with van der Waals surface area (Å²) < 4.78 is 40.3. The van der Waals surface area contributed by atoms with Crippen molar-refractivity contribution in [1.82, 2.24) is 20.0 Å². The van der Waals surface area contributed by atoms with Crippen LogP contribution < -0.4 is 5.32 Å². The molecule has 0 radical (unpaired) electrons. The Labute approximate surface area is 200 Å². The van der Waals surface area contributed by atoms with Crippen molar-refractivity contribution < 1.29 is 22.9 Å². The van der Waals surface area contributed by atoms with Crippen LogP contribution in [0.4, 0.5) is 24.0 Å². The summed E-state index contributed by atoms with van der Waals surface area (Å²) in [5, 5.41) is 21.6. The number of alkyl halides is 3. The van der Waals surface area contributed by atoms with Crippen LogP contribution in [-0.2, 0) is 12.6 Å². The minimum absolute atomic E-state index is 0.0162. The molecule has 0 aliphatic heterocycles. The zero-order chi connectivity index (χ0) is 25.3. The van der Waals surface area contributed by atoms with Gasteiger partial charge in [-0.1, -0.05) is 23.4 Å². The number of hydrogen-bond donors (Lipinski definition) is 1. The fourth-order valence-electron chi connectivity index (χ4n) is 3.37. The number of nitro benzene ring substituents is 1. The Morgan fingerprint density at radius 3 is 2.63 bits per heavy atom. The number of amides is 1. The Bertz CT molecular complexity index is 1430. The van der Waals surface area contributed by atoms with E-state index in [1.54, 1.807) is 19.1 Å². The van der Waals surface area contributed by atoms with E-state index in [2.05, 4.69) is 20.6 Å². The second kappa shape index (κ2) is 9.25. The monoisotopic (exact) mass is 502 g/mol. The molecule has 35 heavy (non-hydrogen) atoms. The topological polar surface area (TPSA) is 116 Å². The summed E-state index contributed by atoms with van der Waals surface area (Å²) in [7, 11) is 0. The van der Waals surface area contributed by atoms with Gasteiger partial charge in [-0.25, -0.2) is 9.67 Å². The van der Waals surface area contributed by atoms with Gasteiger partial charge in [-0.15, -0.1) is 16.4 Å². The molecule has 0 atom stereocenters. The van der Waals surface area contributed by atoms with Crippen LogP contribution in [0.25, 0.3) is 5.69 Å². The molecule has 2 aromatic carbocycles. The summed E-state index contributed by atoms with van der Waals surface area (Å²) in [6, 6.07) is 10.8. The summed E-state index contributed by atoms with van der Waals surface area (Å²) in [6.07, 6.45) is -4.12. The maximum absolute atomic E-state index is 13.0. The molecule has 0 bridgehead atoms. The average molecular weight is 502 g/mol. The average Bonchev–Trinajstić information content (AvgIpc) is 3.35. The smallest absolute Gasteiger partial charge is 0.296 e. The molecule has 0 unspecified atom stereocenters. The van der Waals surface area contributed by atoms with Crippen molar-refractivity contribution in [2.45, 2.75) is 26.4 Å². The van der Waals surface area contributed by atoms with Crippen LogP contribution in [0.5, 0.6) is 0 Å². The maximum Gasteiger partial charge on any atom is 0.416 e. The second-order valence-electron chi connectivity index (χ2n) is 7.57. The van der Waals surface area contributed by atoms with Gasteiger partial charge in [0.05, 0.1) is 27.6 Å². The molecular formula is C22H17F3N6O3S. The number of carbonyl (C=O) groups is 1. The number of halogens is 3. The fraction of sp³-hybridized carbons (Fsp3) is 0.182. The molecule has 2 aromatic heterocycles. The van der Waals surface area contributed by atoms with E-state index < -0.39 is 22.6 Å².